The fourth-order valence-electron chi connectivity index (χ4n) is 1.33. The van der Waals surface area contributed by atoms with E-state index in [4.69, 9.17) is 0 Å². The van der Waals surface area contributed by atoms with Crippen molar-refractivity contribution < 1.29 is 17.6 Å². The lowest BCUT2D eigenvalue weighted by Crippen LogP contribution is -2.20. The summed E-state index contributed by atoms with van der Waals surface area (Å²) in [4.78, 5) is 3.51. The Bertz CT molecular complexity index is 364. The Morgan fingerprint density at radius 2 is 1.89 bits per heavy atom. The zero-order valence-electron chi connectivity index (χ0n) is 10.9. The lowest BCUT2D eigenvalue weighted by atomic mass is 10.1. The minimum Gasteiger partial charge on any atom is -0.309 e. The van der Waals surface area contributed by atoms with Gasteiger partial charge in [0, 0.05) is 12.2 Å². The van der Waals surface area contributed by atoms with Crippen molar-refractivity contribution in [1.82, 2.24) is 10.3 Å². The third kappa shape index (κ3) is 4.60. The van der Waals surface area contributed by atoms with Crippen LogP contribution in [0.3, 0.4) is 0 Å². The molecule has 0 aromatic carbocycles. The average Bonchev–Trinajstić information content (AvgIpc) is 2.30. The van der Waals surface area contributed by atoms with Gasteiger partial charge in [-0.3, -0.25) is 4.98 Å². The number of aromatic nitrogens is 1. The van der Waals surface area contributed by atoms with Crippen molar-refractivity contribution in [3.63, 3.8) is 0 Å². The van der Waals surface area contributed by atoms with Crippen LogP contribution in [0.2, 0.25) is 0 Å². The Kier molecular flexibility index (Phi) is 6.83. The van der Waals surface area contributed by atoms with Crippen LogP contribution in [0.4, 0.5) is 17.6 Å². The fraction of sp³-hybridized carbons (Fsp3) is 0.583. The molecule has 0 fully saturated rings. The van der Waals surface area contributed by atoms with E-state index in [0.717, 1.165) is 0 Å². The van der Waals surface area contributed by atoms with Crippen LogP contribution < -0.4 is 5.32 Å². The standard InChI is InChI=1S/C10H12F4N2.C2H6/c1-3-15-6(2)9-8(11)4-7(5-16-9)10(12,13)14;1-2/h4-6,15H,3H2,1-2H3;1-2H3. The van der Waals surface area contributed by atoms with Crippen molar-refractivity contribution in [3.05, 3.63) is 29.3 Å². The predicted molar refractivity (Wildman–Crippen MR) is 62.6 cm³/mol. The van der Waals surface area contributed by atoms with E-state index in [1.54, 1.807) is 6.92 Å². The van der Waals surface area contributed by atoms with Gasteiger partial charge in [-0.2, -0.15) is 13.2 Å². The maximum atomic E-state index is 13.4. The van der Waals surface area contributed by atoms with Crippen molar-refractivity contribution in [2.24, 2.45) is 0 Å². The highest BCUT2D eigenvalue weighted by molar-refractivity contribution is 5.20. The number of hydrogen-bond acceptors (Lipinski definition) is 2. The summed E-state index contributed by atoms with van der Waals surface area (Å²) in [5.74, 6) is -0.941. The number of pyridine rings is 1. The van der Waals surface area contributed by atoms with Crippen LogP contribution in [0.15, 0.2) is 12.3 Å². The summed E-state index contributed by atoms with van der Waals surface area (Å²) in [5.41, 5.74) is -1.08. The van der Waals surface area contributed by atoms with Gasteiger partial charge in [-0.1, -0.05) is 20.8 Å². The van der Waals surface area contributed by atoms with Gasteiger partial charge in [-0.15, -0.1) is 0 Å². The van der Waals surface area contributed by atoms with Gasteiger partial charge in [0.25, 0.3) is 0 Å². The van der Waals surface area contributed by atoms with E-state index in [9.17, 15) is 17.6 Å². The Morgan fingerprint density at radius 1 is 1.33 bits per heavy atom. The summed E-state index contributed by atoms with van der Waals surface area (Å²) < 4.78 is 50.0. The summed E-state index contributed by atoms with van der Waals surface area (Å²) in [7, 11) is 0. The predicted octanol–water partition coefficient (Wildman–Crippen LogP) is 3.94. The number of hydrogen-bond donors (Lipinski definition) is 1. The fourth-order valence-corrected chi connectivity index (χ4v) is 1.33. The second kappa shape index (κ2) is 7.31. The molecule has 0 radical (unpaired) electrons. The number of halogens is 4. The minimum atomic E-state index is -4.56. The summed E-state index contributed by atoms with van der Waals surface area (Å²) in [5, 5.41) is 2.88. The maximum Gasteiger partial charge on any atom is 0.417 e. The summed E-state index contributed by atoms with van der Waals surface area (Å²) in [6.45, 7) is 8.05. The third-order valence-corrected chi connectivity index (χ3v) is 2.12. The number of nitrogens with zero attached hydrogens (tertiary/aromatic N) is 1. The van der Waals surface area contributed by atoms with Crippen molar-refractivity contribution in [2.45, 2.75) is 39.9 Å². The van der Waals surface area contributed by atoms with Crippen LogP contribution in [0.5, 0.6) is 0 Å². The largest absolute Gasteiger partial charge is 0.417 e. The van der Waals surface area contributed by atoms with Crippen molar-refractivity contribution in [2.75, 3.05) is 6.54 Å². The van der Waals surface area contributed by atoms with E-state index in [-0.39, 0.29) is 5.69 Å². The molecule has 18 heavy (non-hydrogen) atoms. The SMILES string of the molecule is CC.CCNC(C)c1ncc(C(F)(F)F)cc1F. The van der Waals surface area contributed by atoms with Gasteiger partial charge in [-0.25, -0.2) is 4.39 Å². The van der Waals surface area contributed by atoms with E-state index in [1.165, 1.54) is 0 Å². The van der Waals surface area contributed by atoms with Gasteiger partial charge in [-0.05, 0) is 19.5 Å². The van der Waals surface area contributed by atoms with E-state index in [0.29, 0.717) is 18.8 Å². The molecule has 1 N–H and O–H groups in total. The molecule has 0 bridgehead atoms. The molecule has 0 aliphatic heterocycles. The van der Waals surface area contributed by atoms with Crippen LogP contribution >= 0.6 is 0 Å². The van der Waals surface area contributed by atoms with Crippen LogP contribution in [0, 0.1) is 5.82 Å². The molecular weight excluding hydrogens is 248 g/mol. The molecule has 1 atom stereocenters. The minimum absolute atomic E-state index is 0.00477. The number of rotatable bonds is 3. The molecular formula is C12H18F4N2. The Hall–Kier alpha value is -1.17. The lowest BCUT2D eigenvalue weighted by molar-refractivity contribution is -0.138. The quantitative estimate of drug-likeness (QED) is 0.838. The van der Waals surface area contributed by atoms with Gasteiger partial charge in [0.2, 0.25) is 0 Å². The van der Waals surface area contributed by atoms with Crippen molar-refractivity contribution >= 4 is 0 Å². The molecule has 1 aromatic heterocycles. The molecule has 104 valence electrons. The maximum absolute atomic E-state index is 13.4. The van der Waals surface area contributed by atoms with E-state index in [1.807, 2.05) is 20.8 Å². The third-order valence-electron chi connectivity index (χ3n) is 2.12. The smallest absolute Gasteiger partial charge is 0.309 e. The molecule has 1 aromatic rings. The van der Waals surface area contributed by atoms with E-state index >= 15 is 0 Å². The van der Waals surface area contributed by atoms with Crippen LogP contribution in [0.25, 0.3) is 0 Å². The summed E-state index contributed by atoms with van der Waals surface area (Å²) >= 11 is 0. The molecule has 1 heterocycles. The molecule has 1 rings (SSSR count). The van der Waals surface area contributed by atoms with Gasteiger partial charge in [0.15, 0.2) is 0 Å². The summed E-state index contributed by atoms with van der Waals surface area (Å²) in [6.07, 6.45) is -3.92. The Labute approximate surface area is 104 Å². The van der Waals surface area contributed by atoms with Gasteiger partial charge in [0.05, 0.1) is 11.3 Å². The van der Waals surface area contributed by atoms with Crippen molar-refractivity contribution in [1.29, 1.82) is 0 Å². The molecule has 6 heteroatoms. The zero-order valence-corrected chi connectivity index (χ0v) is 10.9. The highest BCUT2D eigenvalue weighted by atomic mass is 19.4. The molecule has 0 aliphatic carbocycles. The van der Waals surface area contributed by atoms with Gasteiger partial charge >= 0.3 is 6.18 Å². The molecule has 2 nitrogen and oxygen atoms in total. The van der Waals surface area contributed by atoms with E-state index in [2.05, 4.69) is 10.3 Å². The first kappa shape index (κ1) is 16.8. The monoisotopic (exact) mass is 266 g/mol. The second-order valence-electron chi connectivity index (χ2n) is 3.37. The molecule has 1 unspecified atom stereocenters. The highest BCUT2D eigenvalue weighted by Crippen LogP contribution is 2.30. The second-order valence-corrected chi connectivity index (χ2v) is 3.37. The number of nitrogens with one attached hydrogen (secondary N) is 1. The highest BCUT2D eigenvalue weighted by Gasteiger charge is 2.32. The van der Waals surface area contributed by atoms with Crippen LogP contribution in [-0.4, -0.2) is 11.5 Å². The Balaban J connectivity index is 0.00000137. The van der Waals surface area contributed by atoms with Gasteiger partial charge < -0.3 is 5.32 Å². The molecule has 0 amide bonds. The van der Waals surface area contributed by atoms with Gasteiger partial charge in [0.1, 0.15) is 5.82 Å². The molecule has 0 spiro atoms. The lowest BCUT2D eigenvalue weighted by Gasteiger charge is -2.14. The molecule has 0 saturated carbocycles. The normalized spacial score (nSPS) is 12.7. The molecule has 0 aliphatic rings. The first-order valence-corrected chi connectivity index (χ1v) is 5.82. The van der Waals surface area contributed by atoms with E-state index < -0.39 is 23.6 Å². The van der Waals surface area contributed by atoms with Crippen LogP contribution in [0.1, 0.15) is 45.0 Å². The number of alkyl halides is 3. The van der Waals surface area contributed by atoms with Crippen LogP contribution in [-0.2, 0) is 6.18 Å². The molecule has 0 saturated heterocycles. The zero-order chi connectivity index (χ0) is 14.3. The summed E-state index contributed by atoms with van der Waals surface area (Å²) in [6, 6.07) is 0.0585. The first-order valence-electron chi connectivity index (χ1n) is 5.82. The van der Waals surface area contributed by atoms with Crippen molar-refractivity contribution in [3.8, 4) is 0 Å². The average molecular weight is 266 g/mol. The first-order chi connectivity index (χ1) is 8.36. The topological polar surface area (TPSA) is 24.9 Å². The Morgan fingerprint density at radius 3 is 2.28 bits per heavy atom.